The SMILES string of the molecule is CCOc1cc(C)c(N)c(N)n1. The first kappa shape index (κ1) is 8.64. The van der Waals surface area contributed by atoms with E-state index in [1.165, 1.54) is 0 Å². The standard InChI is InChI=1S/C8H13N3O/c1-3-12-6-4-5(2)7(9)8(10)11-6/h4H,3,9H2,1-2H3,(H2,10,11). The summed E-state index contributed by atoms with van der Waals surface area (Å²) in [7, 11) is 0. The van der Waals surface area contributed by atoms with Crippen LogP contribution in [0.15, 0.2) is 6.07 Å². The molecule has 1 aromatic heterocycles. The summed E-state index contributed by atoms with van der Waals surface area (Å²) in [5.41, 5.74) is 12.6. The first-order chi connectivity index (χ1) is 5.65. The maximum Gasteiger partial charge on any atom is 0.215 e. The van der Waals surface area contributed by atoms with Gasteiger partial charge in [-0.05, 0) is 19.4 Å². The van der Waals surface area contributed by atoms with Crippen molar-refractivity contribution in [2.24, 2.45) is 0 Å². The molecule has 0 aliphatic heterocycles. The lowest BCUT2D eigenvalue weighted by Crippen LogP contribution is -2.03. The molecule has 0 amide bonds. The van der Waals surface area contributed by atoms with Gasteiger partial charge in [0, 0.05) is 6.07 Å². The van der Waals surface area contributed by atoms with E-state index in [-0.39, 0.29) is 0 Å². The highest BCUT2D eigenvalue weighted by Crippen LogP contribution is 2.21. The summed E-state index contributed by atoms with van der Waals surface area (Å²) >= 11 is 0. The third kappa shape index (κ3) is 1.58. The smallest absolute Gasteiger partial charge is 0.215 e. The number of nitrogens with zero attached hydrogens (tertiary/aromatic N) is 1. The van der Waals surface area contributed by atoms with Gasteiger partial charge >= 0.3 is 0 Å². The normalized spacial score (nSPS) is 9.83. The summed E-state index contributed by atoms with van der Waals surface area (Å²) in [4.78, 5) is 3.95. The Hall–Kier alpha value is -1.45. The van der Waals surface area contributed by atoms with Crippen LogP contribution in [-0.2, 0) is 0 Å². The Morgan fingerprint density at radius 3 is 2.67 bits per heavy atom. The number of pyridine rings is 1. The number of hydrogen-bond donors (Lipinski definition) is 2. The molecular formula is C8H13N3O. The van der Waals surface area contributed by atoms with Crippen LogP contribution in [0.3, 0.4) is 0 Å². The monoisotopic (exact) mass is 167 g/mol. The van der Waals surface area contributed by atoms with Crippen LogP contribution in [0.1, 0.15) is 12.5 Å². The van der Waals surface area contributed by atoms with Crippen LogP contribution >= 0.6 is 0 Å². The molecule has 0 aliphatic carbocycles. The predicted molar refractivity (Wildman–Crippen MR) is 49.0 cm³/mol. The zero-order chi connectivity index (χ0) is 9.14. The molecular weight excluding hydrogens is 154 g/mol. The molecule has 4 nitrogen and oxygen atoms in total. The maximum absolute atomic E-state index is 5.60. The third-order valence-corrected chi connectivity index (χ3v) is 1.56. The van der Waals surface area contributed by atoms with Crippen molar-refractivity contribution in [3.8, 4) is 5.88 Å². The molecule has 4 heteroatoms. The fourth-order valence-corrected chi connectivity index (χ4v) is 0.898. The molecule has 0 fully saturated rings. The van der Waals surface area contributed by atoms with Crippen molar-refractivity contribution in [2.75, 3.05) is 18.1 Å². The predicted octanol–water partition coefficient (Wildman–Crippen LogP) is 0.953. The van der Waals surface area contributed by atoms with Gasteiger partial charge in [-0.3, -0.25) is 0 Å². The van der Waals surface area contributed by atoms with Gasteiger partial charge in [-0.25, -0.2) is 0 Å². The van der Waals surface area contributed by atoms with Crippen molar-refractivity contribution in [1.82, 2.24) is 4.98 Å². The van der Waals surface area contributed by atoms with Crippen LogP contribution < -0.4 is 16.2 Å². The van der Waals surface area contributed by atoms with Crippen molar-refractivity contribution in [2.45, 2.75) is 13.8 Å². The lowest BCUT2D eigenvalue weighted by molar-refractivity contribution is 0.327. The van der Waals surface area contributed by atoms with Crippen LogP contribution in [0.25, 0.3) is 0 Å². The zero-order valence-corrected chi connectivity index (χ0v) is 7.29. The summed E-state index contributed by atoms with van der Waals surface area (Å²) in [5, 5.41) is 0. The van der Waals surface area contributed by atoms with E-state index in [1.54, 1.807) is 6.07 Å². The second-order valence-electron chi connectivity index (χ2n) is 2.51. The van der Waals surface area contributed by atoms with Crippen molar-refractivity contribution in [3.05, 3.63) is 11.6 Å². The Morgan fingerprint density at radius 2 is 2.17 bits per heavy atom. The molecule has 66 valence electrons. The molecule has 0 saturated carbocycles. The lowest BCUT2D eigenvalue weighted by atomic mass is 10.2. The van der Waals surface area contributed by atoms with Crippen LogP contribution in [0.2, 0.25) is 0 Å². The average molecular weight is 167 g/mol. The number of aryl methyl sites for hydroxylation is 1. The van der Waals surface area contributed by atoms with Gasteiger partial charge < -0.3 is 16.2 Å². The van der Waals surface area contributed by atoms with Crippen LogP contribution in [-0.4, -0.2) is 11.6 Å². The average Bonchev–Trinajstić information content (AvgIpc) is 2.01. The molecule has 4 N–H and O–H groups in total. The molecule has 1 rings (SSSR count). The summed E-state index contributed by atoms with van der Waals surface area (Å²) in [6.45, 7) is 4.34. The summed E-state index contributed by atoms with van der Waals surface area (Å²) in [6.07, 6.45) is 0. The molecule has 0 spiro atoms. The topological polar surface area (TPSA) is 74.2 Å². The molecule has 0 atom stereocenters. The van der Waals surface area contributed by atoms with E-state index in [2.05, 4.69) is 4.98 Å². The number of aromatic nitrogens is 1. The van der Waals surface area contributed by atoms with Gasteiger partial charge in [0.15, 0.2) is 5.82 Å². The Morgan fingerprint density at radius 1 is 1.50 bits per heavy atom. The van der Waals surface area contributed by atoms with Crippen LogP contribution in [0.5, 0.6) is 5.88 Å². The van der Waals surface area contributed by atoms with Gasteiger partial charge in [0.05, 0.1) is 12.3 Å². The Kier molecular flexibility index (Phi) is 2.38. The van der Waals surface area contributed by atoms with Gasteiger partial charge in [0.1, 0.15) is 0 Å². The molecule has 0 aromatic carbocycles. The van der Waals surface area contributed by atoms with Gasteiger partial charge in [0.2, 0.25) is 5.88 Å². The number of rotatable bonds is 2. The van der Waals surface area contributed by atoms with Gasteiger partial charge in [0.25, 0.3) is 0 Å². The largest absolute Gasteiger partial charge is 0.478 e. The second-order valence-corrected chi connectivity index (χ2v) is 2.51. The molecule has 0 unspecified atom stereocenters. The highest BCUT2D eigenvalue weighted by atomic mass is 16.5. The first-order valence-corrected chi connectivity index (χ1v) is 3.80. The van der Waals surface area contributed by atoms with Crippen molar-refractivity contribution < 1.29 is 4.74 Å². The molecule has 12 heavy (non-hydrogen) atoms. The molecule has 0 bridgehead atoms. The fourth-order valence-electron chi connectivity index (χ4n) is 0.898. The minimum Gasteiger partial charge on any atom is -0.478 e. The van der Waals surface area contributed by atoms with E-state index >= 15 is 0 Å². The van der Waals surface area contributed by atoms with E-state index < -0.39 is 0 Å². The van der Waals surface area contributed by atoms with Crippen molar-refractivity contribution in [1.29, 1.82) is 0 Å². The molecule has 0 aliphatic rings. The summed E-state index contributed by atoms with van der Waals surface area (Å²) in [5.74, 6) is 0.861. The van der Waals surface area contributed by atoms with E-state index in [9.17, 15) is 0 Å². The van der Waals surface area contributed by atoms with E-state index in [1.807, 2.05) is 13.8 Å². The van der Waals surface area contributed by atoms with Crippen LogP contribution in [0, 0.1) is 6.92 Å². The highest BCUT2D eigenvalue weighted by Gasteiger charge is 2.03. The van der Waals surface area contributed by atoms with Crippen LogP contribution in [0.4, 0.5) is 11.5 Å². The molecule has 1 aromatic rings. The Labute approximate surface area is 71.5 Å². The third-order valence-electron chi connectivity index (χ3n) is 1.56. The van der Waals surface area contributed by atoms with E-state index in [0.29, 0.717) is 24.0 Å². The van der Waals surface area contributed by atoms with E-state index in [4.69, 9.17) is 16.2 Å². The summed E-state index contributed by atoms with van der Waals surface area (Å²) in [6, 6.07) is 1.77. The quantitative estimate of drug-likeness (QED) is 0.687. The molecule has 1 heterocycles. The van der Waals surface area contributed by atoms with Gasteiger partial charge in [-0.2, -0.15) is 4.98 Å². The van der Waals surface area contributed by atoms with Crippen molar-refractivity contribution >= 4 is 11.5 Å². The van der Waals surface area contributed by atoms with Gasteiger partial charge in [-0.1, -0.05) is 0 Å². The molecule has 0 saturated heterocycles. The highest BCUT2D eigenvalue weighted by molar-refractivity contribution is 5.63. The number of nitrogens with two attached hydrogens (primary N) is 2. The number of hydrogen-bond acceptors (Lipinski definition) is 4. The molecule has 0 radical (unpaired) electrons. The first-order valence-electron chi connectivity index (χ1n) is 3.80. The number of anilines is 2. The minimum atomic E-state index is 0.332. The Balaban J connectivity index is 3.04. The van der Waals surface area contributed by atoms with Crippen molar-refractivity contribution in [3.63, 3.8) is 0 Å². The fraction of sp³-hybridized carbons (Fsp3) is 0.375. The Bertz CT molecular complexity index is 263. The van der Waals surface area contributed by atoms with E-state index in [0.717, 1.165) is 5.56 Å². The summed E-state index contributed by atoms with van der Waals surface area (Å²) < 4.78 is 5.18. The van der Waals surface area contributed by atoms with Gasteiger partial charge in [-0.15, -0.1) is 0 Å². The maximum atomic E-state index is 5.60. The zero-order valence-electron chi connectivity index (χ0n) is 7.29. The lowest BCUT2D eigenvalue weighted by Gasteiger charge is -2.07. The number of ether oxygens (including phenoxy) is 1. The number of nitrogen functional groups attached to an aromatic ring is 2. The minimum absolute atomic E-state index is 0.332. The second kappa shape index (κ2) is 3.30.